The van der Waals surface area contributed by atoms with E-state index in [9.17, 15) is 4.79 Å². The quantitative estimate of drug-likeness (QED) is 0.678. The normalized spacial score (nSPS) is 11.9. The van der Waals surface area contributed by atoms with Gasteiger partial charge in [-0.25, -0.2) is 0 Å². The fourth-order valence-electron chi connectivity index (χ4n) is 3.17. The Kier molecular flexibility index (Phi) is 8.33. The van der Waals surface area contributed by atoms with Gasteiger partial charge in [-0.15, -0.1) is 0 Å². The Hall–Kier alpha value is -2.53. The highest BCUT2D eigenvalue weighted by atomic mass is 16.5. The first kappa shape index (κ1) is 21.8. The Labute approximate surface area is 168 Å². The highest BCUT2D eigenvalue weighted by Gasteiger charge is 2.17. The van der Waals surface area contributed by atoms with Crippen molar-refractivity contribution in [2.24, 2.45) is 0 Å². The first-order valence-electron chi connectivity index (χ1n) is 9.65. The zero-order valence-electron chi connectivity index (χ0n) is 17.6. The van der Waals surface area contributed by atoms with Crippen LogP contribution in [0.4, 0.5) is 0 Å². The molecular weight excluding hydrogens is 352 g/mol. The van der Waals surface area contributed by atoms with Crippen LogP contribution in [0.25, 0.3) is 0 Å². The number of methoxy groups -OCH3 is 2. The average molecular weight is 385 g/mol. The predicted octanol–water partition coefficient (Wildman–Crippen LogP) is 3.75. The van der Waals surface area contributed by atoms with Crippen LogP contribution in [0.15, 0.2) is 42.5 Å². The van der Waals surface area contributed by atoms with Crippen molar-refractivity contribution in [3.05, 3.63) is 59.2 Å². The minimum absolute atomic E-state index is 0.0563. The lowest BCUT2D eigenvalue weighted by molar-refractivity contribution is -0.121. The second kappa shape index (κ2) is 10.7. The summed E-state index contributed by atoms with van der Waals surface area (Å²) in [7, 11) is 7.26. The zero-order valence-corrected chi connectivity index (χ0v) is 17.6. The first-order valence-corrected chi connectivity index (χ1v) is 9.65. The first-order chi connectivity index (χ1) is 13.4. The monoisotopic (exact) mass is 384 g/mol. The smallest absolute Gasteiger partial charge is 0.220 e. The van der Waals surface area contributed by atoms with Gasteiger partial charge in [0.15, 0.2) is 11.5 Å². The third-order valence-corrected chi connectivity index (χ3v) is 4.90. The molecule has 0 saturated carbocycles. The molecule has 2 rings (SSSR count). The molecule has 1 unspecified atom stereocenters. The van der Waals surface area contributed by atoms with E-state index < -0.39 is 0 Å². The van der Waals surface area contributed by atoms with E-state index in [4.69, 9.17) is 9.47 Å². The Bertz CT molecular complexity index is 757. The summed E-state index contributed by atoms with van der Waals surface area (Å²) in [5, 5.41) is 3.07. The fourth-order valence-corrected chi connectivity index (χ4v) is 3.17. The molecule has 2 aromatic rings. The van der Waals surface area contributed by atoms with Gasteiger partial charge in [0.1, 0.15) is 0 Å². The molecule has 1 N–H and O–H groups in total. The molecule has 0 aliphatic heterocycles. The molecule has 5 heteroatoms. The number of nitrogens with one attached hydrogen (secondary N) is 1. The number of hydrogen-bond acceptors (Lipinski definition) is 4. The third kappa shape index (κ3) is 6.27. The SMILES string of the molecule is COc1ccc(C(CNC(=O)CCCc2ccc(C)cc2)N(C)C)cc1OC. The predicted molar refractivity (Wildman–Crippen MR) is 113 cm³/mol. The molecule has 0 heterocycles. The number of rotatable bonds is 10. The summed E-state index contributed by atoms with van der Waals surface area (Å²) < 4.78 is 10.7. The second-order valence-corrected chi connectivity index (χ2v) is 7.24. The van der Waals surface area contributed by atoms with Gasteiger partial charge in [0.25, 0.3) is 0 Å². The topological polar surface area (TPSA) is 50.8 Å². The van der Waals surface area contributed by atoms with Crippen LogP contribution < -0.4 is 14.8 Å². The van der Waals surface area contributed by atoms with E-state index in [2.05, 4.69) is 41.4 Å². The number of ether oxygens (including phenoxy) is 2. The Morgan fingerprint density at radius 1 is 1.04 bits per heavy atom. The molecule has 0 aliphatic rings. The Morgan fingerprint density at radius 3 is 2.32 bits per heavy atom. The number of likely N-dealkylation sites (N-methyl/N-ethyl adjacent to an activating group) is 1. The molecule has 2 aromatic carbocycles. The van der Waals surface area contributed by atoms with Gasteiger partial charge in [0.05, 0.1) is 20.3 Å². The van der Waals surface area contributed by atoms with Gasteiger partial charge in [-0.2, -0.15) is 0 Å². The van der Waals surface area contributed by atoms with Crippen molar-refractivity contribution in [1.82, 2.24) is 10.2 Å². The van der Waals surface area contributed by atoms with E-state index in [0.717, 1.165) is 18.4 Å². The molecular formula is C23H32N2O3. The molecule has 0 bridgehead atoms. The van der Waals surface area contributed by atoms with Crippen LogP contribution in [-0.2, 0) is 11.2 Å². The standard InChI is InChI=1S/C23H32N2O3/c1-17-9-11-18(12-10-17)7-6-8-23(26)24-16-20(25(2)3)19-13-14-21(27-4)22(15-19)28-5/h9-15,20H,6-8,16H2,1-5H3,(H,24,26). The van der Waals surface area contributed by atoms with Crippen LogP contribution in [-0.4, -0.2) is 45.7 Å². The number of benzene rings is 2. The van der Waals surface area contributed by atoms with Crippen LogP contribution in [0, 0.1) is 6.92 Å². The van der Waals surface area contributed by atoms with Crippen LogP contribution in [0.1, 0.15) is 35.6 Å². The van der Waals surface area contributed by atoms with Gasteiger partial charge in [0, 0.05) is 13.0 Å². The maximum Gasteiger partial charge on any atom is 0.220 e. The van der Waals surface area contributed by atoms with Crippen molar-refractivity contribution in [2.45, 2.75) is 32.2 Å². The maximum atomic E-state index is 12.3. The lowest BCUT2D eigenvalue weighted by Gasteiger charge is -2.26. The molecule has 0 aromatic heterocycles. The summed E-state index contributed by atoms with van der Waals surface area (Å²) in [5.41, 5.74) is 3.60. The molecule has 5 nitrogen and oxygen atoms in total. The number of amides is 1. The molecule has 152 valence electrons. The number of carbonyl (C=O) groups is 1. The van der Waals surface area contributed by atoms with Crippen molar-refractivity contribution < 1.29 is 14.3 Å². The molecule has 0 radical (unpaired) electrons. The molecule has 0 spiro atoms. The van der Waals surface area contributed by atoms with Gasteiger partial charge in [-0.1, -0.05) is 35.9 Å². The third-order valence-electron chi connectivity index (χ3n) is 4.90. The molecule has 1 amide bonds. The summed E-state index contributed by atoms with van der Waals surface area (Å²) in [6.07, 6.45) is 2.29. The summed E-state index contributed by atoms with van der Waals surface area (Å²) in [6.45, 7) is 2.63. The van der Waals surface area contributed by atoms with Crippen LogP contribution in [0.5, 0.6) is 11.5 Å². The number of carbonyl (C=O) groups excluding carboxylic acids is 1. The van der Waals surface area contributed by atoms with E-state index in [0.29, 0.717) is 24.5 Å². The molecule has 0 saturated heterocycles. The van der Waals surface area contributed by atoms with Crippen molar-refractivity contribution >= 4 is 5.91 Å². The minimum Gasteiger partial charge on any atom is -0.493 e. The van der Waals surface area contributed by atoms with Crippen molar-refractivity contribution in [2.75, 3.05) is 34.9 Å². The lowest BCUT2D eigenvalue weighted by Crippen LogP contribution is -2.34. The van der Waals surface area contributed by atoms with Crippen LogP contribution >= 0.6 is 0 Å². The second-order valence-electron chi connectivity index (χ2n) is 7.24. The van der Waals surface area contributed by atoms with Crippen molar-refractivity contribution in [1.29, 1.82) is 0 Å². The van der Waals surface area contributed by atoms with E-state index in [-0.39, 0.29) is 11.9 Å². The van der Waals surface area contributed by atoms with E-state index in [1.807, 2.05) is 32.3 Å². The molecule has 28 heavy (non-hydrogen) atoms. The molecule has 1 atom stereocenters. The van der Waals surface area contributed by atoms with Crippen molar-refractivity contribution in [3.63, 3.8) is 0 Å². The fraction of sp³-hybridized carbons (Fsp3) is 0.435. The zero-order chi connectivity index (χ0) is 20.5. The van der Waals surface area contributed by atoms with Gasteiger partial charge in [-0.3, -0.25) is 4.79 Å². The number of nitrogens with zero attached hydrogens (tertiary/aromatic N) is 1. The summed E-state index contributed by atoms with van der Waals surface area (Å²) in [6, 6.07) is 14.4. The van der Waals surface area contributed by atoms with Gasteiger partial charge in [0.2, 0.25) is 5.91 Å². The molecule has 0 aliphatic carbocycles. The number of hydrogen-bond donors (Lipinski definition) is 1. The lowest BCUT2D eigenvalue weighted by atomic mass is 10.0. The van der Waals surface area contributed by atoms with Gasteiger partial charge >= 0.3 is 0 Å². The van der Waals surface area contributed by atoms with E-state index in [1.54, 1.807) is 14.2 Å². The average Bonchev–Trinajstić information content (AvgIpc) is 2.69. The number of aryl methyl sites for hydroxylation is 2. The van der Waals surface area contributed by atoms with Gasteiger partial charge in [-0.05, 0) is 57.1 Å². The van der Waals surface area contributed by atoms with Crippen LogP contribution in [0.2, 0.25) is 0 Å². The van der Waals surface area contributed by atoms with Gasteiger partial charge < -0.3 is 19.7 Å². The molecule has 0 fully saturated rings. The van der Waals surface area contributed by atoms with E-state index in [1.165, 1.54) is 11.1 Å². The largest absolute Gasteiger partial charge is 0.493 e. The van der Waals surface area contributed by atoms with Crippen molar-refractivity contribution in [3.8, 4) is 11.5 Å². The highest BCUT2D eigenvalue weighted by molar-refractivity contribution is 5.75. The summed E-state index contributed by atoms with van der Waals surface area (Å²) in [4.78, 5) is 14.4. The maximum absolute atomic E-state index is 12.3. The summed E-state index contributed by atoms with van der Waals surface area (Å²) >= 11 is 0. The minimum atomic E-state index is 0.0563. The highest BCUT2D eigenvalue weighted by Crippen LogP contribution is 2.31. The summed E-state index contributed by atoms with van der Waals surface area (Å²) in [5.74, 6) is 1.47. The van der Waals surface area contributed by atoms with Crippen LogP contribution in [0.3, 0.4) is 0 Å². The van der Waals surface area contributed by atoms with E-state index >= 15 is 0 Å². The Balaban J connectivity index is 1.88. The Morgan fingerprint density at radius 2 is 1.71 bits per heavy atom.